The fraction of sp³-hybridized carbons (Fsp3) is 0.308. The van der Waals surface area contributed by atoms with Gasteiger partial charge in [-0.25, -0.2) is 9.69 Å². The Morgan fingerprint density at radius 2 is 2.17 bits per heavy atom. The summed E-state index contributed by atoms with van der Waals surface area (Å²) in [5.41, 5.74) is 1.02. The third-order valence-corrected chi connectivity index (χ3v) is 2.77. The van der Waals surface area contributed by atoms with E-state index >= 15 is 0 Å². The molecule has 1 aromatic rings. The first-order valence-corrected chi connectivity index (χ1v) is 5.62. The molecule has 2 amide bonds. The molecule has 18 heavy (non-hydrogen) atoms. The van der Waals surface area contributed by atoms with Gasteiger partial charge in [0.2, 0.25) is 5.91 Å². The first-order valence-electron chi connectivity index (χ1n) is 5.62. The lowest BCUT2D eigenvalue weighted by Gasteiger charge is -2.18. The van der Waals surface area contributed by atoms with Gasteiger partial charge >= 0.3 is 6.09 Å². The van der Waals surface area contributed by atoms with Crippen molar-refractivity contribution in [3.63, 3.8) is 0 Å². The maximum absolute atomic E-state index is 11.7. The highest BCUT2D eigenvalue weighted by Crippen LogP contribution is 2.18. The molecule has 1 fully saturated rings. The summed E-state index contributed by atoms with van der Waals surface area (Å²) in [7, 11) is 0. The second kappa shape index (κ2) is 5.32. The minimum atomic E-state index is -0.656. The van der Waals surface area contributed by atoms with Gasteiger partial charge in [-0.3, -0.25) is 4.79 Å². The zero-order valence-electron chi connectivity index (χ0n) is 9.70. The normalized spacial score (nSPS) is 18.3. The molecule has 0 saturated carbocycles. The zero-order chi connectivity index (χ0) is 13.0. The molecule has 5 heteroatoms. The van der Waals surface area contributed by atoms with Gasteiger partial charge in [0.25, 0.3) is 0 Å². The first-order chi connectivity index (χ1) is 8.72. The molecule has 0 aliphatic carbocycles. The van der Waals surface area contributed by atoms with Gasteiger partial charge in [0.05, 0.1) is 12.1 Å². The quantitative estimate of drug-likeness (QED) is 0.807. The topological polar surface area (TPSA) is 70.4 Å². The molecule has 5 nitrogen and oxygen atoms in total. The van der Waals surface area contributed by atoms with Crippen LogP contribution in [0.1, 0.15) is 12.0 Å². The number of amides is 2. The highest BCUT2D eigenvalue weighted by Gasteiger charge is 2.37. The number of ether oxygens (including phenoxy) is 1. The number of benzene rings is 1. The predicted molar refractivity (Wildman–Crippen MR) is 62.4 cm³/mol. The van der Waals surface area contributed by atoms with E-state index in [1.807, 2.05) is 30.3 Å². The number of carbonyl (C=O) groups excluding carboxylic acids is 2. The van der Waals surface area contributed by atoms with E-state index in [1.54, 1.807) is 6.07 Å². The summed E-state index contributed by atoms with van der Waals surface area (Å²) in [6.07, 6.45) is -0.416. The summed E-state index contributed by atoms with van der Waals surface area (Å²) in [5, 5.41) is 8.51. The average Bonchev–Trinajstić information content (AvgIpc) is 2.72. The number of hydrogen-bond donors (Lipinski definition) is 0. The molecule has 92 valence electrons. The second-order valence-corrected chi connectivity index (χ2v) is 4.02. The lowest BCUT2D eigenvalue weighted by Crippen LogP contribution is -2.39. The van der Waals surface area contributed by atoms with Crippen molar-refractivity contribution < 1.29 is 14.3 Å². The molecular weight excluding hydrogens is 232 g/mol. The van der Waals surface area contributed by atoms with Crippen LogP contribution in [0.3, 0.4) is 0 Å². The van der Waals surface area contributed by atoms with Gasteiger partial charge in [0.15, 0.2) is 0 Å². The fourth-order valence-electron chi connectivity index (χ4n) is 1.96. The van der Waals surface area contributed by atoms with Crippen LogP contribution >= 0.6 is 0 Å². The SMILES string of the molecule is N#CCC(=O)N1C(=O)OC[C@@H]1Cc1ccccc1. The van der Waals surface area contributed by atoms with E-state index < -0.39 is 12.0 Å². The third kappa shape index (κ3) is 2.48. The first kappa shape index (κ1) is 12.1. The lowest BCUT2D eigenvalue weighted by atomic mass is 10.1. The minimum absolute atomic E-state index is 0.185. The van der Waals surface area contributed by atoms with Crippen LogP contribution < -0.4 is 0 Å². The Labute approximate surface area is 105 Å². The third-order valence-electron chi connectivity index (χ3n) is 2.77. The molecule has 1 aliphatic heterocycles. The molecule has 1 aromatic carbocycles. The highest BCUT2D eigenvalue weighted by atomic mass is 16.6. The standard InChI is InChI=1S/C13H12N2O3/c14-7-6-12(16)15-11(9-18-13(15)17)8-10-4-2-1-3-5-10/h1-5,11H,6,8-9H2/t11-/m0/s1. The molecule has 0 spiro atoms. The van der Waals surface area contributed by atoms with Crippen LogP contribution in [0.5, 0.6) is 0 Å². The van der Waals surface area contributed by atoms with Crippen molar-refractivity contribution in [2.75, 3.05) is 6.61 Å². The van der Waals surface area contributed by atoms with E-state index in [0.29, 0.717) is 6.42 Å². The molecule has 2 rings (SSSR count). The van der Waals surface area contributed by atoms with Crippen molar-refractivity contribution in [2.24, 2.45) is 0 Å². The summed E-state index contributed by atoms with van der Waals surface area (Å²) < 4.78 is 4.87. The van der Waals surface area contributed by atoms with E-state index in [2.05, 4.69) is 0 Å². The molecule has 0 aromatic heterocycles. The zero-order valence-corrected chi connectivity index (χ0v) is 9.70. The highest BCUT2D eigenvalue weighted by molar-refractivity contribution is 5.94. The molecular formula is C13H12N2O3. The molecule has 0 radical (unpaired) electrons. The van der Waals surface area contributed by atoms with E-state index in [-0.39, 0.29) is 19.1 Å². The van der Waals surface area contributed by atoms with Crippen LogP contribution in [0.25, 0.3) is 0 Å². The number of carbonyl (C=O) groups is 2. The van der Waals surface area contributed by atoms with Gasteiger partial charge in [0.1, 0.15) is 13.0 Å². The number of hydrogen-bond acceptors (Lipinski definition) is 4. The van der Waals surface area contributed by atoms with Crippen LogP contribution in [0, 0.1) is 11.3 Å². The number of rotatable bonds is 3. The summed E-state index contributed by atoms with van der Waals surface area (Å²) in [5.74, 6) is -0.499. The number of imide groups is 1. The molecule has 1 saturated heterocycles. The van der Waals surface area contributed by atoms with Crippen LogP contribution in [0.2, 0.25) is 0 Å². The number of nitriles is 1. The Morgan fingerprint density at radius 1 is 1.44 bits per heavy atom. The van der Waals surface area contributed by atoms with Crippen molar-refractivity contribution >= 4 is 12.0 Å². The van der Waals surface area contributed by atoms with Crippen molar-refractivity contribution in [1.29, 1.82) is 5.26 Å². The molecule has 1 heterocycles. The molecule has 0 unspecified atom stereocenters. The monoisotopic (exact) mass is 244 g/mol. The van der Waals surface area contributed by atoms with Crippen molar-refractivity contribution in [2.45, 2.75) is 18.9 Å². The number of cyclic esters (lactones) is 1. The lowest BCUT2D eigenvalue weighted by molar-refractivity contribution is -0.128. The van der Waals surface area contributed by atoms with Crippen LogP contribution in [0.4, 0.5) is 4.79 Å². The van der Waals surface area contributed by atoms with E-state index in [0.717, 1.165) is 10.5 Å². The second-order valence-electron chi connectivity index (χ2n) is 4.02. The minimum Gasteiger partial charge on any atom is -0.447 e. The molecule has 1 aliphatic rings. The Morgan fingerprint density at radius 3 is 2.83 bits per heavy atom. The molecule has 0 N–H and O–H groups in total. The Kier molecular flexibility index (Phi) is 3.58. The van der Waals surface area contributed by atoms with Crippen LogP contribution in [-0.4, -0.2) is 29.5 Å². The summed E-state index contributed by atoms with van der Waals surface area (Å²) in [4.78, 5) is 24.2. The van der Waals surface area contributed by atoms with E-state index in [1.165, 1.54) is 0 Å². The van der Waals surface area contributed by atoms with E-state index in [4.69, 9.17) is 10.00 Å². The smallest absolute Gasteiger partial charge is 0.417 e. The summed E-state index contributed by atoms with van der Waals surface area (Å²) in [6, 6.07) is 11.0. The van der Waals surface area contributed by atoms with Gasteiger partial charge < -0.3 is 4.74 Å². The van der Waals surface area contributed by atoms with Crippen LogP contribution in [0.15, 0.2) is 30.3 Å². The Balaban J connectivity index is 2.10. The fourth-order valence-corrected chi connectivity index (χ4v) is 1.96. The Hall–Kier alpha value is -2.35. The summed E-state index contributed by atoms with van der Waals surface area (Å²) in [6.45, 7) is 0.185. The van der Waals surface area contributed by atoms with Crippen molar-refractivity contribution in [3.8, 4) is 6.07 Å². The van der Waals surface area contributed by atoms with Crippen molar-refractivity contribution in [1.82, 2.24) is 4.90 Å². The maximum Gasteiger partial charge on any atom is 0.417 e. The molecule has 1 atom stereocenters. The van der Waals surface area contributed by atoms with Gasteiger partial charge in [-0.1, -0.05) is 30.3 Å². The van der Waals surface area contributed by atoms with Crippen LogP contribution in [-0.2, 0) is 16.0 Å². The maximum atomic E-state index is 11.7. The largest absolute Gasteiger partial charge is 0.447 e. The molecule has 0 bridgehead atoms. The van der Waals surface area contributed by atoms with Gasteiger partial charge in [-0.05, 0) is 12.0 Å². The van der Waals surface area contributed by atoms with Crippen molar-refractivity contribution in [3.05, 3.63) is 35.9 Å². The number of nitrogens with zero attached hydrogens (tertiary/aromatic N) is 2. The Bertz CT molecular complexity index is 493. The van der Waals surface area contributed by atoms with Gasteiger partial charge in [-0.2, -0.15) is 5.26 Å². The average molecular weight is 244 g/mol. The van der Waals surface area contributed by atoms with E-state index in [9.17, 15) is 9.59 Å². The van der Waals surface area contributed by atoms with Gasteiger partial charge in [0, 0.05) is 0 Å². The predicted octanol–water partition coefficient (Wildman–Crippen LogP) is 1.49. The van der Waals surface area contributed by atoms with Gasteiger partial charge in [-0.15, -0.1) is 0 Å². The summed E-state index contributed by atoms with van der Waals surface area (Å²) >= 11 is 0.